The highest BCUT2D eigenvalue weighted by Crippen LogP contribution is 2.49. The van der Waals surface area contributed by atoms with Crippen molar-refractivity contribution in [2.24, 2.45) is 11.1 Å². The summed E-state index contributed by atoms with van der Waals surface area (Å²) in [5, 5.41) is 0. The van der Waals surface area contributed by atoms with E-state index >= 15 is 0 Å². The van der Waals surface area contributed by atoms with Crippen LogP contribution in [-0.2, 0) is 16.6 Å². The predicted octanol–water partition coefficient (Wildman–Crippen LogP) is 5.51. The molecule has 0 spiro atoms. The van der Waals surface area contributed by atoms with Gasteiger partial charge in [0.1, 0.15) is 11.9 Å². The first-order valence-electron chi connectivity index (χ1n) is 8.88. The molecule has 2 aromatic carbocycles. The molecule has 3 nitrogen and oxygen atoms in total. The minimum absolute atomic E-state index is 0.00831. The number of carbonyl (C=O) groups is 1. The summed E-state index contributed by atoms with van der Waals surface area (Å²) in [5.74, 6) is -0.314. The average Bonchev–Trinajstić information content (AvgIpc) is 2.76. The summed E-state index contributed by atoms with van der Waals surface area (Å²) in [5.41, 5.74) is 9.18. The highest BCUT2D eigenvalue weighted by atomic mass is 19.1. The average molecular weight is 355 g/mol. The van der Waals surface area contributed by atoms with Crippen LogP contribution in [0.15, 0.2) is 36.4 Å². The zero-order chi connectivity index (χ0) is 19.3. The number of primary amides is 1. The molecule has 0 heterocycles. The number of fused-ring (bicyclic) bond motifs is 1. The molecule has 138 valence electrons. The first-order valence-corrected chi connectivity index (χ1v) is 8.88. The highest BCUT2D eigenvalue weighted by molar-refractivity contribution is 5.69. The number of rotatable bonds is 2. The van der Waals surface area contributed by atoms with Crippen LogP contribution in [0.25, 0.3) is 11.1 Å². The van der Waals surface area contributed by atoms with Gasteiger partial charge in [-0.25, -0.2) is 9.18 Å². The van der Waals surface area contributed by atoms with E-state index < -0.39 is 12.2 Å². The third-order valence-corrected chi connectivity index (χ3v) is 5.14. The Kier molecular flexibility index (Phi) is 4.33. The lowest BCUT2D eigenvalue weighted by atomic mass is 9.85. The molecule has 3 rings (SSSR count). The van der Waals surface area contributed by atoms with Gasteiger partial charge in [-0.1, -0.05) is 58.9 Å². The van der Waals surface area contributed by atoms with E-state index in [0.717, 1.165) is 16.7 Å². The summed E-state index contributed by atoms with van der Waals surface area (Å²) in [6.07, 6.45) is -0.662. The molecule has 26 heavy (non-hydrogen) atoms. The number of ether oxygens (including phenoxy) is 1. The molecule has 1 unspecified atom stereocenters. The molecule has 0 aliphatic heterocycles. The van der Waals surface area contributed by atoms with Gasteiger partial charge >= 0.3 is 6.09 Å². The van der Waals surface area contributed by atoms with E-state index in [-0.39, 0.29) is 16.6 Å². The van der Waals surface area contributed by atoms with Crippen LogP contribution in [0.4, 0.5) is 9.18 Å². The van der Waals surface area contributed by atoms with Crippen molar-refractivity contribution in [1.29, 1.82) is 0 Å². The smallest absolute Gasteiger partial charge is 0.405 e. The largest absolute Gasteiger partial charge is 0.441 e. The van der Waals surface area contributed by atoms with Gasteiger partial charge in [0.2, 0.25) is 0 Å². The van der Waals surface area contributed by atoms with Crippen LogP contribution >= 0.6 is 0 Å². The fraction of sp³-hybridized carbons (Fsp3) is 0.409. The van der Waals surface area contributed by atoms with Crippen LogP contribution in [0.5, 0.6) is 0 Å². The van der Waals surface area contributed by atoms with Gasteiger partial charge in [-0.2, -0.15) is 0 Å². The maximum atomic E-state index is 14.9. The molecule has 2 aromatic rings. The van der Waals surface area contributed by atoms with E-state index in [2.05, 4.69) is 26.8 Å². The van der Waals surface area contributed by atoms with E-state index in [1.807, 2.05) is 38.1 Å². The lowest BCUT2D eigenvalue weighted by Crippen LogP contribution is -2.25. The first-order chi connectivity index (χ1) is 12.0. The van der Waals surface area contributed by atoms with E-state index in [1.165, 1.54) is 6.07 Å². The standard InChI is InChI=1S/C22H26FNO2/c1-21(2,3)15-8-6-7-13(9-15)16-10-14-12-22(4,5)19(26-20(24)25)17(14)11-18(16)23/h6-11,19H,12H2,1-5H3,(H2,24,25). The molecule has 0 saturated heterocycles. The zero-order valence-electron chi connectivity index (χ0n) is 16.0. The molecule has 1 aliphatic carbocycles. The molecule has 0 saturated carbocycles. The van der Waals surface area contributed by atoms with Crippen molar-refractivity contribution in [2.45, 2.75) is 52.6 Å². The molecule has 1 amide bonds. The normalized spacial score (nSPS) is 18.5. The number of amides is 1. The Morgan fingerprint density at radius 2 is 1.92 bits per heavy atom. The Morgan fingerprint density at radius 1 is 1.23 bits per heavy atom. The van der Waals surface area contributed by atoms with Gasteiger partial charge in [0, 0.05) is 11.0 Å². The van der Waals surface area contributed by atoms with Crippen molar-refractivity contribution < 1.29 is 13.9 Å². The van der Waals surface area contributed by atoms with Gasteiger partial charge in [0.25, 0.3) is 0 Å². The van der Waals surface area contributed by atoms with E-state index in [9.17, 15) is 9.18 Å². The molecule has 2 N–H and O–H groups in total. The Labute approximate surface area is 154 Å². The number of hydrogen-bond acceptors (Lipinski definition) is 2. The van der Waals surface area contributed by atoms with Gasteiger partial charge in [-0.15, -0.1) is 0 Å². The minimum Gasteiger partial charge on any atom is -0.441 e. The fourth-order valence-corrected chi connectivity index (χ4v) is 3.75. The zero-order valence-corrected chi connectivity index (χ0v) is 16.0. The van der Waals surface area contributed by atoms with Crippen LogP contribution in [-0.4, -0.2) is 6.09 Å². The third kappa shape index (κ3) is 3.33. The van der Waals surface area contributed by atoms with Crippen molar-refractivity contribution in [3.8, 4) is 11.1 Å². The topological polar surface area (TPSA) is 52.3 Å². The Bertz CT molecular complexity index is 865. The summed E-state index contributed by atoms with van der Waals surface area (Å²) in [7, 11) is 0. The molecular formula is C22H26FNO2. The second-order valence-corrected chi connectivity index (χ2v) is 8.84. The summed E-state index contributed by atoms with van der Waals surface area (Å²) in [6.45, 7) is 10.4. The number of nitrogens with two attached hydrogens (primary N) is 1. The maximum Gasteiger partial charge on any atom is 0.405 e. The SMILES string of the molecule is CC(C)(C)c1cccc(-c2cc3c(cc2F)C(OC(N)=O)C(C)(C)C3)c1. The van der Waals surface area contributed by atoms with Crippen molar-refractivity contribution in [2.75, 3.05) is 0 Å². The number of carbonyl (C=O) groups excluding carboxylic acids is 1. The van der Waals surface area contributed by atoms with Gasteiger partial charge in [0.15, 0.2) is 0 Å². The third-order valence-electron chi connectivity index (χ3n) is 5.14. The maximum absolute atomic E-state index is 14.9. The first kappa shape index (κ1) is 18.4. The van der Waals surface area contributed by atoms with E-state index in [4.69, 9.17) is 10.5 Å². The molecule has 1 aliphatic rings. The van der Waals surface area contributed by atoms with Gasteiger partial charge in [0.05, 0.1) is 0 Å². The lowest BCUT2D eigenvalue weighted by molar-refractivity contribution is 0.0391. The Balaban J connectivity index is 2.08. The van der Waals surface area contributed by atoms with Crippen LogP contribution in [0, 0.1) is 11.2 Å². The van der Waals surface area contributed by atoms with Gasteiger partial charge < -0.3 is 10.5 Å². The monoisotopic (exact) mass is 355 g/mol. The van der Waals surface area contributed by atoms with Crippen molar-refractivity contribution in [1.82, 2.24) is 0 Å². The van der Waals surface area contributed by atoms with Crippen LogP contribution < -0.4 is 5.73 Å². The van der Waals surface area contributed by atoms with Crippen molar-refractivity contribution in [3.05, 3.63) is 58.9 Å². The number of benzene rings is 2. The minimum atomic E-state index is -0.835. The molecule has 0 bridgehead atoms. The van der Waals surface area contributed by atoms with E-state index in [1.54, 1.807) is 0 Å². The number of hydrogen-bond donors (Lipinski definition) is 1. The van der Waals surface area contributed by atoms with Crippen LogP contribution in [0.3, 0.4) is 0 Å². The Morgan fingerprint density at radius 3 is 2.54 bits per heavy atom. The van der Waals surface area contributed by atoms with Crippen LogP contribution in [0.2, 0.25) is 0 Å². The van der Waals surface area contributed by atoms with Gasteiger partial charge in [-0.05, 0) is 46.2 Å². The summed E-state index contributed by atoms with van der Waals surface area (Å²) >= 11 is 0. The van der Waals surface area contributed by atoms with Crippen LogP contribution in [0.1, 0.15) is 57.4 Å². The second kappa shape index (κ2) is 6.11. The molecule has 0 aromatic heterocycles. The molecule has 1 atom stereocenters. The van der Waals surface area contributed by atoms with Crippen molar-refractivity contribution in [3.63, 3.8) is 0 Å². The summed E-state index contributed by atoms with van der Waals surface area (Å²) in [4.78, 5) is 11.3. The predicted molar refractivity (Wildman–Crippen MR) is 101 cm³/mol. The molecule has 0 fully saturated rings. The van der Waals surface area contributed by atoms with Crippen molar-refractivity contribution >= 4 is 6.09 Å². The summed E-state index contributed by atoms with van der Waals surface area (Å²) in [6, 6.07) is 11.4. The Hall–Kier alpha value is -2.36. The van der Waals surface area contributed by atoms with Gasteiger partial charge in [-0.3, -0.25) is 0 Å². The molecular weight excluding hydrogens is 329 g/mol. The second-order valence-electron chi connectivity index (χ2n) is 8.84. The fourth-order valence-electron chi connectivity index (χ4n) is 3.75. The quantitative estimate of drug-likeness (QED) is 0.772. The highest BCUT2D eigenvalue weighted by Gasteiger charge is 2.42. The molecule has 0 radical (unpaired) electrons. The lowest BCUT2D eigenvalue weighted by Gasteiger charge is -2.26. The molecule has 4 heteroatoms. The van der Waals surface area contributed by atoms with E-state index in [0.29, 0.717) is 17.5 Å². The number of halogens is 1. The summed E-state index contributed by atoms with van der Waals surface area (Å²) < 4.78 is 20.2.